The van der Waals surface area contributed by atoms with Gasteiger partial charge in [-0.15, -0.1) is 0 Å². The lowest BCUT2D eigenvalue weighted by Gasteiger charge is -2.18. The lowest BCUT2D eigenvalue weighted by molar-refractivity contribution is 0.291. The van der Waals surface area contributed by atoms with Crippen LogP contribution in [0, 0.1) is 5.82 Å². The highest BCUT2D eigenvalue weighted by molar-refractivity contribution is 5.70. The van der Waals surface area contributed by atoms with Crippen molar-refractivity contribution in [2.45, 2.75) is 32.2 Å². The Morgan fingerprint density at radius 3 is 2.67 bits per heavy atom. The SMILES string of the molecule is CC(N)c1ccc(F)cc1-c1ccc2c(c1)C(C)(C)CO2. The maximum atomic E-state index is 13.7. The second-order valence-electron chi connectivity index (χ2n) is 6.40. The topological polar surface area (TPSA) is 35.2 Å². The van der Waals surface area contributed by atoms with Crippen LogP contribution in [-0.2, 0) is 5.41 Å². The van der Waals surface area contributed by atoms with Gasteiger partial charge in [0.25, 0.3) is 0 Å². The first-order chi connectivity index (χ1) is 9.88. The number of fused-ring (bicyclic) bond motifs is 1. The molecule has 0 aromatic heterocycles. The van der Waals surface area contributed by atoms with Crippen LogP contribution in [-0.4, -0.2) is 6.61 Å². The summed E-state index contributed by atoms with van der Waals surface area (Å²) >= 11 is 0. The van der Waals surface area contributed by atoms with Crippen molar-refractivity contribution in [2.75, 3.05) is 6.61 Å². The third kappa shape index (κ3) is 2.42. The van der Waals surface area contributed by atoms with Crippen LogP contribution < -0.4 is 10.5 Å². The highest BCUT2D eigenvalue weighted by Crippen LogP contribution is 2.41. The molecule has 1 aliphatic heterocycles. The molecule has 1 aliphatic rings. The van der Waals surface area contributed by atoms with Crippen LogP contribution in [0.2, 0.25) is 0 Å². The Kier molecular flexibility index (Phi) is 3.25. The average molecular weight is 285 g/mol. The first kappa shape index (κ1) is 14.1. The average Bonchev–Trinajstić information content (AvgIpc) is 2.74. The summed E-state index contributed by atoms with van der Waals surface area (Å²) in [5.74, 6) is 0.674. The van der Waals surface area contributed by atoms with Crippen molar-refractivity contribution in [3.63, 3.8) is 0 Å². The van der Waals surface area contributed by atoms with Crippen molar-refractivity contribution in [2.24, 2.45) is 5.73 Å². The number of benzene rings is 2. The van der Waals surface area contributed by atoms with E-state index in [1.165, 1.54) is 11.6 Å². The van der Waals surface area contributed by atoms with Gasteiger partial charge in [0.15, 0.2) is 0 Å². The van der Waals surface area contributed by atoms with Crippen molar-refractivity contribution in [1.29, 1.82) is 0 Å². The fourth-order valence-electron chi connectivity index (χ4n) is 2.86. The van der Waals surface area contributed by atoms with Gasteiger partial charge in [-0.2, -0.15) is 0 Å². The third-order valence-corrected chi connectivity index (χ3v) is 4.11. The van der Waals surface area contributed by atoms with E-state index in [0.29, 0.717) is 6.61 Å². The zero-order valence-corrected chi connectivity index (χ0v) is 12.6. The highest BCUT2D eigenvalue weighted by atomic mass is 19.1. The summed E-state index contributed by atoms with van der Waals surface area (Å²) < 4.78 is 19.4. The van der Waals surface area contributed by atoms with Gasteiger partial charge in [-0.25, -0.2) is 4.39 Å². The first-order valence-electron chi connectivity index (χ1n) is 7.21. The van der Waals surface area contributed by atoms with Gasteiger partial charge in [0, 0.05) is 17.0 Å². The molecule has 0 amide bonds. The largest absolute Gasteiger partial charge is 0.492 e. The highest BCUT2D eigenvalue weighted by Gasteiger charge is 2.32. The molecule has 1 atom stereocenters. The number of hydrogen-bond acceptors (Lipinski definition) is 2. The monoisotopic (exact) mass is 285 g/mol. The summed E-state index contributed by atoms with van der Waals surface area (Å²) in [4.78, 5) is 0. The van der Waals surface area contributed by atoms with E-state index in [-0.39, 0.29) is 17.3 Å². The molecular weight excluding hydrogens is 265 g/mol. The van der Waals surface area contributed by atoms with Crippen molar-refractivity contribution in [3.05, 3.63) is 53.3 Å². The standard InChI is InChI=1S/C18H20FNO/c1-11(20)14-6-5-13(19)9-15(14)12-4-7-17-16(8-12)18(2,3)10-21-17/h4-9,11H,10,20H2,1-3H3. The van der Waals surface area contributed by atoms with E-state index in [9.17, 15) is 4.39 Å². The summed E-state index contributed by atoms with van der Waals surface area (Å²) in [6.07, 6.45) is 0. The maximum Gasteiger partial charge on any atom is 0.123 e. The molecule has 2 aromatic carbocycles. The minimum Gasteiger partial charge on any atom is -0.492 e. The van der Waals surface area contributed by atoms with Crippen molar-refractivity contribution in [3.8, 4) is 16.9 Å². The molecule has 3 heteroatoms. The zero-order chi connectivity index (χ0) is 15.2. The molecule has 1 unspecified atom stereocenters. The maximum absolute atomic E-state index is 13.7. The van der Waals surface area contributed by atoms with Crippen molar-refractivity contribution < 1.29 is 9.13 Å². The van der Waals surface area contributed by atoms with Crippen LogP contribution in [0.15, 0.2) is 36.4 Å². The van der Waals surface area contributed by atoms with Crippen LogP contribution in [0.25, 0.3) is 11.1 Å². The summed E-state index contributed by atoms with van der Waals surface area (Å²) in [5, 5.41) is 0. The molecule has 3 rings (SSSR count). The van der Waals surface area contributed by atoms with E-state index < -0.39 is 0 Å². The molecule has 0 spiro atoms. The van der Waals surface area contributed by atoms with E-state index in [4.69, 9.17) is 10.5 Å². The minimum atomic E-state index is -0.245. The number of nitrogens with two attached hydrogens (primary N) is 1. The fourth-order valence-corrected chi connectivity index (χ4v) is 2.86. The first-order valence-corrected chi connectivity index (χ1v) is 7.21. The van der Waals surface area contributed by atoms with E-state index >= 15 is 0 Å². The predicted molar refractivity (Wildman–Crippen MR) is 83.0 cm³/mol. The number of halogens is 1. The Hall–Kier alpha value is -1.87. The molecular formula is C18H20FNO. The van der Waals surface area contributed by atoms with Crippen LogP contribution in [0.3, 0.4) is 0 Å². The van der Waals surface area contributed by atoms with Gasteiger partial charge in [-0.1, -0.05) is 26.0 Å². The van der Waals surface area contributed by atoms with Gasteiger partial charge in [0.05, 0.1) is 6.61 Å². The van der Waals surface area contributed by atoms with E-state index in [1.807, 2.05) is 19.1 Å². The summed E-state index contributed by atoms with van der Waals surface area (Å²) in [6, 6.07) is 10.7. The van der Waals surface area contributed by atoms with E-state index in [2.05, 4.69) is 19.9 Å². The van der Waals surface area contributed by atoms with Crippen LogP contribution in [0.4, 0.5) is 4.39 Å². The number of ether oxygens (including phenoxy) is 1. The molecule has 1 heterocycles. The Morgan fingerprint density at radius 2 is 1.95 bits per heavy atom. The fraction of sp³-hybridized carbons (Fsp3) is 0.333. The Balaban J connectivity index is 2.16. The van der Waals surface area contributed by atoms with Gasteiger partial charge < -0.3 is 10.5 Å². The second-order valence-corrected chi connectivity index (χ2v) is 6.40. The lowest BCUT2D eigenvalue weighted by Crippen LogP contribution is -2.18. The minimum absolute atomic E-state index is 0.0207. The Labute approximate surface area is 124 Å². The molecule has 0 saturated heterocycles. The second kappa shape index (κ2) is 4.85. The van der Waals surface area contributed by atoms with Crippen LogP contribution >= 0.6 is 0 Å². The summed E-state index contributed by atoms with van der Waals surface area (Å²) in [7, 11) is 0. The number of rotatable bonds is 2. The molecule has 0 aliphatic carbocycles. The van der Waals surface area contributed by atoms with Gasteiger partial charge >= 0.3 is 0 Å². The predicted octanol–water partition coefficient (Wildman–Crippen LogP) is 4.18. The van der Waals surface area contributed by atoms with Crippen molar-refractivity contribution in [1.82, 2.24) is 0 Å². The van der Waals surface area contributed by atoms with E-state index in [0.717, 1.165) is 22.4 Å². The Morgan fingerprint density at radius 1 is 1.19 bits per heavy atom. The van der Waals surface area contributed by atoms with Gasteiger partial charge in [-0.05, 0) is 47.9 Å². The van der Waals surface area contributed by atoms with Gasteiger partial charge in [-0.3, -0.25) is 0 Å². The molecule has 2 N–H and O–H groups in total. The van der Waals surface area contributed by atoms with Crippen LogP contribution in [0.5, 0.6) is 5.75 Å². The normalized spacial score (nSPS) is 17.2. The molecule has 0 bridgehead atoms. The van der Waals surface area contributed by atoms with Crippen LogP contribution in [0.1, 0.15) is 37.9 Å². The molecule has 21 heavy (non-hydrogen) atoms. The smallest absolute Gasteiger partial charge is 0.123 e. The number of hydrogen-bond donors (Lipinski definition) is 1. The third-order valence-electron chi connectivity index (χ3n) is 4.11. The van der Waals surface area contributed by atoms with Gasteiger partial charge in [0.2, 0.25) is 0 Å². The molecule has 2 aromatic rings. The zero-order valence-electron chi connectivity index (χ0n) is 12.6. The molecule has 2 nitrogen and oxygen atoms in total. The lowest BCUT2D eigenvalue weighted by atomic mass is 9.84. The van der Waals surface area contributed by atoms with Gasteiger partial charge in [0.1, 0.15) is 11.6 Å². The summed E-state index contributed by atoms with van der Waals surface area (Å²) in [6.45, 7) is 6.90. The summed E-state index contributed by atoms with van der Waals surface area (Å²) in [5.41, 5.74) is 9.96. The Bertz CT molecular complexity index is 692. The molecule has 0 radical (unpaired) electrons. The van der Waals surface area contributed by atoms with E-state index in [1.54, 1.807) is 12.1 Å². The molecule has 110 valence electrons. The van der Waals surface area contributed by atoms with Crippen molar-refractivity contribution >= 4 is 0 Å². The quantitative estimate of drug-likeness (QED) is 0.898. The molecule has 0 fully saturated rings. The molecule has 0 saturated carbocycles.